The molecule has 27 heavy (non-hydrogen) atoms. The Morgan fingerprint density at radius 3 is 2.74 bits per heavy atom. The summed E-state index contributed by atoms with van der Waals surface area (Å²) >= 11 is 0. The number of ether oxygens (including phenoxy) is 2. The zero-order valence-electron chi connectivity index (χ0n) is 14.7. The smallest absolute Gasteiger partial charge is 0.312 e. The first-order valence-corrected chi connectivity index (χ1v) is 8.32. The van der Waals surface area contributed by atoms with Crippen molar-refractivity contribution in [1.29, 1.82) is 5.26 Å². The number of methoxy groups -OCH3 is 1. The third-order valence-corrected chi connectivity index (χ3v) is 4.49. The lowest BCUT2D eigenvalue weighted by Crippen LogP contribution is -2.42. The predicted octanol–water partition coefficient (Wildman–Crippen LogP) is 2.16. The molecule has 1 aliphatic rings. The number of amides is 1. The number of carbonyl (C=O) groups excluding carboxylic acids is 1. The van der Waals surface area contributed by atoms with E-state index in [1.54, 1.807) is 24.3 Å². The fourth-order valence-corrected chi connectivity index (χ4v) is 3.10. The van der Waals surface area contributed by atoms with Gasteiger partial charge in [0.15, 0.2) is 18.1 Å². The van der Waals surface area contributed by atoms with E-state index >= 15 is 0 Å². The van der Waals surface area contributed by atoms with E-state index in [2.05, 4.69) is 0 Å². The highest BCUT2D eigenvalue weighted by Gasteiger charge is 2.32. The maximum absolute atomic E-state index is 12.6. The van der Waals surface area contributed by atoms with Gasteiger partial charge in [-0.25, -0.2) is 0 Å². The molecule has 0 saturated heterocycles. The number of rotatable bonds is 5. The van der Waals surface area contributed by atoms with E-state index in [0.29, 0.717) is 23.6 Å². The molecule has 0 saturated carbocycles. The van der Waals surface area contributed by atoms with Crippen molar-refractivity contribution in [2.24, 2.45) is 0 Å². The van der Waals surface area contributed by atoms with E-state index < -0.39 is 11.9 Å². The molecule has 0 aliphatic carbocycles. The van der Waals surface area contributed by atoms with E-state index in [9.17, 15) is 14.7 Å². The van der Waals surface area contributed by atoms with Gasteiger partial charge in [-0.05, 0) is 23.3 Å². The Hall–Kier alpha value is -3.53. The number of nitriles is 1. The van der Waals surface area contributed by atoms with Gasteiger partial charge in [-0.2, -0.15) is 5.26 Å². The van der Waals surface area contributed by atoms with Crippen LogP contribution in [-0.4, -0.2) is 42.1 Å². The summed E-state index contributed by atoms with van der Waals surface area (Å²) in [7, 11) is 1.45. The maximum atomic E-state index is 12.6. The highest BCUT2D eigenvalue weighted by atomic mass is 16.5. The summed E-state index contributed by atoms with van der Waals surface area (Å²) in [5.74, 6) is -1.34. The fourth-order valence-electron chi connectivity index (χ4n) is 3.10. The third kappa shape index (κ3) is 3.85. The van der Waals surface area contributed by atoms with Crippen molar-refractivity contribution >= 4 is 11.9 Å². The minimum Gasteiger partial charge on any atom is -0.493 e. The molecule has 2 aromatic rings. The molecular formula is C20H18N2O5. The standard InChI is InChI=1S/C20H18N2O5/c1-26-18-8-13(9-21)6-7-17(18)27-12-19(23)22-10-14-4-2-3-5-15(14)16(11-22)20(24)25/h2-8,16H,10-12H2,1H3,(H,24,25). The summed E-state index contributed by atoms with van der Waals surface area (Å²) in [4.78, 5) is 25.7. The second kappa shape index (κ2) is 7.79. The van der Waals surface area contributed by atoms with E-state index in [4.69, 9.17) is 14.7 Å². The van der Waals surface area contributed by atoms with Crippen molar-refractivity contribution in [2.75, 3.05) is 20.3 Å². The van der Waals surface area contributed by atoms with Crippen molar-refractivity contribution in [3.63, 3.8) is 0 Å². The first-order valence-electron chi connectivity index (χ1n) is 8.32. The van der Waals surface area contributed by atoms with Crippen LogP contribution in [0.15, 0.2) is 42.5 Å². The van der Waals surface area contributed by atoms with Gasteiger partial charge in [0.2, 0.25) is 0 Å². The summed E-state index contributed by atoms with van der Waals surface area (Å²) in [5, 5.41) is 18.4. The summed E-state index contributed by atoms with van der Waals surface area (Å²) in [6, 6.07) is 13.9. The molecule has 1 aliphatic heterocycles. The van der Waals surface area contributed by atoms with Gasteiger partial charge in [-0.3, -0.25) is 9.59 Å². The molecule has 7 nitrogen and oxygen atoms in total. The molecule has 0 fully saturated rings. The molecule has 0 radical (unpaired) electrons. The molecule has 1 amide bonds. The fraction of sp³-hybridized carbons (Fsp3) is 0.250. The average molecular weight is 366 g/mol. The lowest BCUT2D eigenvalue weighted by atomic mass is 9.90. The quantitative estimate of drug-likeness (QED) is 0.870. The Balaban J connectivity index is 1.72. The number of carboxylic acids is 1. The van der Waals surface area contributed by atoms with Crippen LogP contribution in [0.1, 0.15) is 22.6 Å². The van der Waals surface area contributed by atoms with Gasteiger partial charge < -0.3 is 19.5 Å². The molecule has 3 rings (SSSR count). The van der Waals surface area contributed by atoms with Gasteiger partial charge in [0.25, 0.3) is 5.91 Å². The molecule has 1 heterocycles. The third-order valence-electron chi connectivity index (χ3n) is 4.49. The van der Waals surface area contributed by atoms with E-state index in [-0.39, 0.29) is 19.1 Å². The Labute approximate surface area is 156 Å². The Bertz CT molecular complexity index is 919. The van der Waals surface area contributed by atoms with Crippen LogP contribution in [0.5, 0.6) is 11.5 Å². The zero-order valence-corrected chi connectivity index (χ0v) is 14.7. The van der Waals surface area contributed by atoms with Gasteiger partial charge in [0.1, 0.15) is 0 Å². The number of aliphatic carboxylic acids is 1. The second-order valence-corrected chi connectivity index (χ2v) is 6.13. The molecule has 1 atom stereocenters. The first-order chi connectivity index (χ1) is 13.0. The Morgan fingerprint density at radius 2 is 2.04 bits per heavy atom. The minimum atomic E-state index is -0.963. The number of hydrogen-bond donors (Lipinski definition) is 1. The number of nitrogens with zero attached hydrogens (tertiary/aromatic N) is 2. The molecule has 7 heteroatoms. The lowest BCUT2D eigenvalue weighted by molar-refractivity contribution is -0.142. The topological polar surface area (TPSA) is 99.9 Å². The highest BCUT2D eigenvalue weighted by Crippen LogP contribution is 2.30. The molecule has 0 spiro atoms. The van der Waals surface area contributed by atoms with Crippen molar-refractivity contribution in [2.45, 2.75) is 12.5 Å². The monoisotopic (exact) mass is 366 g/mol. The number of carboxylic acid groups (broad SMARTS) is 1. The van der Waals surface area contributed by atoms with Gasteiger partial charge in [-0.1, -0.05) is 24.3 Å². The van der Waals surface area contributed by atoms with E-state index in [0.717, 1.165) is 11.1 Å². The number of carbonyl (C=O) groups is 2. The van der Waals surface area contributed by atoms with E-state index in [1.807, 2.05) is 18.2 Å². The van der Waals surface area contributed by atoms with Gasteiger partial charge >= 0.3 is 5.97 Å². The summed E-state index contributed by atoms with van der Waals surface area (Å²) < 4.78 is 10.7. The van der Waals surface area contributed by atoms with Crippen molar-refractivity contribution < 1.29 is 24.2 Å². The number of hydrogen-bond acceptors (Lipinski definition) is 5. The molecule has 138 valence electrons. The van der Waals surface area contributed by atoms with Gasteiger partial charge in [0, 0.05) is 19.2 Å². The summed E-state index contributed by atoms with van der Waals surface area (Å²) in [5.41, 5.74) is 1.98. The average Bonchev–Trinajstić information content (AvgIpc) is 2.70. The molecule has 0 bridgehead atoms. The van der Waals surface area contributed by atoms with Gasteiger partial charge in [-0.15, -0.1) is 0 Å². The van der Waals surface area contributed by atoms with Gasteiger partial charge in [0.05, 0.1) is 24.7 Å². The van der Waals surface area contributed by atoms with Crippen molar-refractivity contribution in [3.05, 3.63) is 59.2 Å². The second-order valence-electron chi connectivity index (χ2n) is 6.13. The predicted molar refractivity (Wildman–Crippen MR) is 95.4 cm³/mol. The lowest BCUT2D eigenvalue weighted by Gasteiger charge is -2.32. The summed E-state index contributed by atoms with van der Waals surface area (Å²) in [6.07, 6.45) is 0. The normalized spacial score (nSPS) is 15.4. The van der Waals surface area contributed by atoms with Crippen LogP contribution in [-0.2, 0) is 16.1 Å². The van der Waals surface area contributed by atoms with Crippen LogP contribution < -0.4 is 9.47 Å². The van der Waals surface area contributed by atoms with Crippen molar-refractivity contribution in [1.82, 2.24) is 4.90 Å². The van der Waals surface area contributed by atoms with Crippen LogP contribution in [0, 0.1) is 11.3 Å². The van der Waals surface area contributed by atoms with Crippen LogP contribution in [0.4, 0.5) is 0 Å². The highest BCUT2D eigenvalue weighted by molar-refractivity contribution is 5.82. The van der Waals surface area contributed by atoms with Crippen molar-refractivity contribution in [3.8, 4) is 17.6 Å². The van der Waals surface area contributed by atoms with Crippen LogP contribution in [0.25, 0.3) is 0 Å². The number of fused-ring (bicyclic) bond motifs is 1. The zero-order chi connectivity index (χ0) is 19.4. The summed E-state index contributed by atoms with van der Waals surface area (Å²) in [6.45, 7) is 0.183. The largest absolute Gasteiger partial charge is 0.493 e. The molecular weight excluding hydrogens is 348 g/mol. The van der Waals surface area contributed by atoms with Crippen LogP contribution in [0.2, 0.25) is 0 Å². The molecule has 0 aromatic heterocycles. The van der Waals surface area contributed by atoms with E-state index in [1.165, 1.54) is 18.1 Å². The first kappa shape index (κ1) is 18.3. The Kier molecular flexibility index (Phi) is 5.27. The SMILES string of the molecule is COc1cc(C#N)ccc1OCC(=O)N1Cc2ccccc2C(C(=O)O)C1. The number of benzene rings is 2. The molecule has 2 aromatic carbocycles. The molecule has 1 N–H and O–H groups in total. The van der Waals surface area contributed by atoms with Crippen LogP contribution in [0.3, 0.4) is 0 Å². The molecule has 1 unspecified atom stereocenters. The maximum Gasteiger partial charge on any atom is 0.312 e. The Morgan fingerprint density at radius 1 is 1.26 bits per heavy atom. The minimum absolute atomic E-state index is 0.0963. The van der Waals surface area contributed by atoms with Crippen LogP contribution >= 0.6 is 0 Å².